The molecule has 2 unspecified atom stereocenters. The first-order chi connectivity index (χ1) is 5.13. The Morgan fingerprint density at radius 2 is 1.36 bits per heavy atom. The summed E-state index contributed by atoms with van der Waals surface area (Å²) in [5, 5.41) is 20.8. The molecule has 11 heavy (non-hydrogen) atoms. The van der Waals surface area contributed by atoms with Crippen LogP contribution >= 0.6 is 0 Å². The molecule has 68 valence electrons. The molecule has 0 saturated heterocycles. The van der Waals surface area contributed by atoms with Crippen molar-refractivity contribution in [2.24, 2.45) is 11.5 Å². The maximum absolute atomic E-state index is 8.40. The summed E-state index contributed by atoms with van der Waals surface area (Å²) in [7, 11) is 0. The molecule has 0 aromatic carbocycles. The van der Waals surface area contributed by atoms with Crippen molar-refractivity contribution in [3.63, 3.8) is 0 Å². The third kappa shape index (κ3) is 9.72. The first kappa shape index (κ1) is 10.7. The van der Waals surface area contributed by atoms with Gasteiger partial charge in [-0.05, 0) is 0 Å². The lowest BCUT2D eigenvalue weighted by Gasteiger charge is -2.05. The van der Waals surface area contributed by atoms with Gasteiger partial charge in [-0.1, -0.05) is 5.04 Å². The predicted molar refractivity (Wildman–Crippen MR) is 33.4 cm³/mol. The van der Waals surface area contributed by atoms with Gasteiger partial charge in [-0.25, -0.2) is 9.78 Å². The average molecular weight is 168 g/mol. The van der Waals surface area contributed by atoms with E-state index in [0.29, 0.717) is 0 Å². The number of nitrogens with two attached hydrogens (primary N) is 2. The van der Waals surface area contributed by atoms with Crippen LogP contribution in [0.3, 0.4) is 0 Å². The summed E-state index contributed by atoms with van der Waals surface area (Å²) in [5.41, 5.74) is 9.71. The van der Waals surface area contributed by atoms with E-state index < -0.39 is 12.5 Å². The summed E-state index contributed by atoms with van der Waals surface area (Å²) >= 11 is 0. The molecule has 0 saturated carbocycles. The van der Waals surface area contributed by atoms with Crippen LogP contribution in [0.25, 0.3) is 0 Å². The Labute approximate surface area is 63.3 Å². The molecule has 0 heterocycles. The van der Waals surface area contributed by atoms with E-state index in [2.05, 4.69) is 14.8 Å². The molecule has 0 amide bonds. The number of rotatable bonds is 6. The fourth-order valence-corrected chi connectivity index (χ4v) is 0.229. The van der Waals surface area contributed by atoms with Crippen LogP contribution in [0.4, 0.5) is 0 Å². The lowest BCUT2D eigenvalue weighted by atomic mass is 10.7. The first-order valence-electron chi connectivity index (χ1n) is 2.91. The summed E-state index contributed by atoms with van der Waals surface area (Å²) in [6.07, 6.45) is -2.25. The minimum atomic E-state index is -1.12. The van der Waals surface area contributed by atoms with Crippen LogP contribution in [0.2, 0.25) is 0 Å². The molecule has 0 radical (unpaired) electrons. The van der Waals surface area contributed by atoms with Crippen LogP contribution < -0.4 is 11.5 Å². The van der Waals surface area contributed by atoms with Gasteiger partial charge in [-0.2, -0.15) is 0 Å². The van der Waals surface area contributed by atoms with E-state index >= 15 is 0 Å². The van der Waals surface area contributed by atoms with Crippen molar-refractivity contribution in [1.29, 1.82) is 0 Å². The second-order valence-corrected chi connectivity index (χ2v) is 1.77. The van der Waals surface area contributed by atoms with Gasteiger partial charge in [0.05, 0.1) is 0 Å². The Morgan fingerprint density at radius 3 is 1.64 bits per heavy atom. The Hall–Kier alpha value is -0.280. The highest BCUT2D eigenvalue weighted by atomic mass is 17.5. The van der Waals surface area contributed by atoms with Crippen molar-refractivity contribution >= 4 is 0 Å². The van der Waals surface area contributed by atoms with E-state index in [0.717, 1.165) is 0 Å². The van der Waals surface area contributed by atoms with Gasteiger partial charge in [-0.15, -0.1) is 0 Å². The van der Waals surface area contributed by atoms with Crippen LogP contribution in [0.15, 0.2) is 0 Å². The summed E-state index contributed by atoms with van der Waals surface area (Å²) in [6.45, 7) is -0.443. The molecule has 0 fully saturated rings. The van der Waals surface area contributed by atoms with E-state index in [1.807, 2.05) is 0 Å². The highest BCUT2D eigenvalue weighted by Gasteiger charge is 1.98. The van der Waals surface area contributed by atoms with Gasteiger partial charge >= 0.3 is 0 Å². The average Bonchev–Trinajstić information content (AvgIpc) is 1.85. The van der Waals surface area contributed by atoms with Crippen molar-refractivity contribution < 1.29 is 25.0 Å². The molecule has 7 nitrogen and oxygen atoms in total. The maximum Gasteiger partial charge on any atom is 0.129 e. The molecule has 0 rings (SSSR count). The van der Waals surface area contributed by atoms with Crippen LogP contribution in [-0.4, -0.2) is 35.9 Å². The molecule has 2 atom stereocenters. The summed E-state index contributed by atoms with van der Waals surface area (Å²) in [4.78, 5) is 8.36. The molecular weight excluding hydrogens is 156 g/mol. The summed E-state index contributed by atoms with van der Waals surface area (Å²) < 4.78 is 0. The van der Waals surface area contributed by atoms with Crippen LogP contribution in [-0.2, 0) is 14.8 Å². The molecule has 0 aliphatic heterocycles. The largest absolute Gasteiger partial charge is 0.376 e. The molecule has 0 aromatic heterocycles. The zero-order chi connectivity index (χ0) is 8.69. The van der Waals surface area contributed by atoms with Gasteiger partial charge in [0.15, 0.2) is 0 Å². The quantitative estimate of drug-likeness (QED) is 0.149. The van der Waals surface area contributed by atoms with Crippen LogP contribution in [0.5, 0.6) is 0 Å². The number of hydrogen-bond acceptors (Lipinski definition) is 7. The zero-order valence-corrected chi connectivity index (χ0v) is 5.84. The van der Waals surface area contributed by atoms with E-state index in [9.17, 15) is 0 Å². The van der Waals surface area contributed by atoms with Gasteiger partial charge < -0.3 is 21.7 Å². The lowest BCUT2D eigenvalue weighted by Crippen LogP contribution is -2.27. The summed E-state index contributed by atoms with van der Waals surface area (Å²) in [5.74, 6) is 0. The third-order valence-corrected chi connectivity index (χ3v) is 0.574. The highest BCUT2D eigenvalue weighted by Crippen LogP contribution is 1.83. The Bertz CT molecular complexity index is 78.6. The molecule has 7 heteroatoms. The Morgan fingerprint density at radius 1 is 1.00 bits per heavy atom. The monoisotopic (exact) mass is 168 g/mol. The smallest absolute Gasteiger partial charge is 0.129 e. The van der Waals surface area contributed by atoms with E-state index in [4.69, 9.17) is 21.7 Å². The number of aliphatic hydroxyl groups excluding tert-OH is 2. The van der Waals surface area contributed by atoms with E-state index in [1.165, 1.54) is 0 Å². The van der Waals surface area contributed by atoms with Gasteiger partial charge in [0.25, 0.3) is 0 Å². The highest BCUT2D eigenvalue weighted by molar-refractivity contribution is 4.34. The topological polar surface area (TPSA) is 120 Å². The van der Waals surface area contributed by atoms with E-state index in [-0.39, 0.29) is 13.2 Å². The summed E-state index contributed by atoms with van der Waals surface area (Å²) in [6, 6.07) is 0. The van der Waals surface area contributed by atoms with Gasteiger partial charge in [0, 0.05) is 0 Å². The minimum absolute atomic E-state index is 0.222. The molecule has 0 aromatic rings. The van der Waals surface area contributed by atoms with Crippen LogP contribution in [0.1, 0.15) is 0 Å². The second-order valence-electron chi connectivity index (χ2n) is 1.77. The van der Waals surface area contributed by atoms with Crippen molar-refractivity contribution in [3.8, 4) is 0 Å². The third-order valence-electron chi connectivity index (χ3n) is 0.574. The van der Waals surface area contributed by atoms with Crippen molar-refractivity contribution in [2.75, 3.05) is 13.2 Å². The van der Waals surface area contributed by atoms with Crippen molar-refractivity contribution in [2.45, 2.75) is 12.5 Å². The standard InChI is InChI=1S/C4H12N2O5/c5-3(7)1-9-11-10-2-4(6)8/h3-4,7-8H,1-2,5-6H2. The van der Waals surface area contributed by atoms with Crippen molar-refractivity contribution in [3.05, 3.63) is 0 Å². The first-order valence-corrected chi connectivity index (χ1v) is 2.91. The van der Waals surface area contributed by atoms with Gasteiger partial charge in [0.2, 0.25) is 0 Å². The number of hydrogen-bond donors (Lipinski definition) is 4. The lowest BCUT2D eigenvalue weighted by molar-refractivity contribution is -0.518. The molecule has 6 N–H and O–H groups in total. The molecule has 0 bridgehead atoms. The Balaban J connectivity index is 2.91. The van der Waals surface area contributed by atoms with Crippen LogP contribution in [0, 0.1) is 0 Å². The fourth-order valence-electron chi connectivity index (χ4n) is 0.229. The SMILES string of the molecule is NC(O)COOOCC(N)O. The maximum atomic E-state index is 8.40. The van der Waals surface area contributed by atoms with Gasteiger partial charge in [-0.3, -0.25) is 0 Å². The number of aliphatic hydroxyl groups is 2. The molecule has 0 aliphatic rings. The Kier molecular flexibility index (Phi) is 6.27. The second kappa shape index (κ2) is 6.43. The zero-order valence-electron chi connectivity index (χ0n) is 5.84. The van der Waals surface area contributed by atoms with E-state index in [1.54, 1.807) is 0 Å². The van der Waals surface area contributed by atoms with Crippen molar-refractivity contribution in [1.82, 2.24) is 0 Å². The normalized spacial score (nSPS) is 16.4. The van der Waals surface area contributed by atoms with Gasteiger partial charge in [0.1, 0.15) is 25.7 Å². The molecular formula is C4H12N2O5. The minimum Gasteiger partial charge on any atom is -0.376 e. The molecule has 0 spiro atoms. The fraction of sp³-hybridized carbons (Fsp3) is 1.00. The molecule has 0 aliphatic carbocycles. The predicted octanol–water partition coefficient (Wildman–Crippen LogP) is -2.58.